The Hall–Kier alpha value is -2.73. The van der Waals surface area contributed by atoms with Crippen molar-refractivity contribution in [3.63, 3.8) is 0 Å². The second-order valence-electron chi connectivity index (χ2n) is 9.37. The van der Waals surface area contributed by atoms with Gasteiger partial charge in [0.15, 0.2) is 5.76 Å². The summed E-state index contributed by atoms with van der Waals surface area (Å²) in [7, 11) is 0. The van der Waals surface area contributed by atoms with E-state index in [0.717, 1.165) is 66.7 Å². The van der Waals surface area contributed by atoms with E-state index in [9.17, 15) is 0 Å². The van der Waals surface area contributed by atoms with Gasteiger partial charge in [-0.3, -0.25) is 4.90 Å². The Bertz CT molecular complexity index is 995. The van der Waals surface area contributed by atoms with Crippen LogP contribution in [0, 0.1) is 6.92 Å². The lowest BCUT2D eigenvalue weighted by Crippen LogP contribution is -2.33. The van der Waals surface area contributed by atoms with Crippen LogP contribution in [0.15, 0.2) is 41.1 Å². The first-order valence-electron chi connectivity index (χ1n) is 10.7. The molecule has 30 heavy (non-hydrogen) atoms. The molecule has 158 valence electrons. The number of benzene rings is 1. The number of likely N-dealkylation sites (tertiary alicyclic amines) is 1. The zero-order valence-corrected chi connectivity index (χ0v) is 18.4. The zero-order valence-electron chi connectivity index (χ0n) is 18.4. The minimum atomic E-state index is -0.0968. The van der Waals surface area contributed by atoms with E-state index in [2.05, 4.69) is 47.9 Å². The van der Waals surface area contributed by atoms with E-state index in [1.54, 1.807) is 0 Å². The zero-order chi connectivity index (χ0) is 21.3. The number of piperidine rings is 1. The van der Waals surface area contributed by atoms with Crippen LogP contribution in [-0.4, -0.2) is 33.1 Å². The van der Waals surface area contributed by atoms with Gasteiger partial charge in [-0.2, -0.15) is 0 Å². The number of nitrogens with two attached hydrogens (primary N) is 1. The number of hydrogen-bond donors (Lipinski definition) is 1. The Morgan fingerprint density at radius 3 is 2.43 bits per heavy atom. The van der Waals surface area contributed by atoms with Crippen LogP contribution in [-0.2, 0) is 12.0 Å². The summed E-state index contributed by atoms with van der Waals surface area (Å²) in [5, 5.41) is 4.07. The molecular formula is C24H31N5O. The van der Waals surface area contributed by atoms with E-state index in [1.807, 2.05) is 31.3 Å². The standard InChI is InChI=1S/C24H31N5O/c1-16-13-21(30-28-16)20-14-26-23(24(2,3)4)27-22(20)18-9-11-29(12-10-18)15-17-5-7-19(25)8-6-17/h5-8,13-14,18H,9-12,15,25H2,1-4H3. The van der Waals surface area contributed by atoms with Crippen LogP contribution in [0.2, 0.25) is 0 Å². The first-order chi connectivity index (χ1) is 14.3. The van der Waals surface area contributed by atoms with E-state index in [0.29, 0.717) is 5.92 Å². The van der Waals surface area contributed by atoms with Gasteiger partial charge >= 0.3 is 0 Å². The predicted molar refractivity (Wildman–Crippen MR) is 119 cm³/mol. The molecule has 1 aliphatic heterocycles. The van der Waals surface area contributed by atoms with Crippen LogP contribution in [0.25, 0.3) is 11.3 Å². The molecule has 3 heterocycles. The number of anilines is 1. The fourth-order valence-corrected chi connectivity index (χ4v) is 3.99. The number of rotatable bonds is 4. The smallest absolute Gasteiger partial charge is 0.170 e. The quantitative estimate of drug-likeness (QED) is 0.634. The molecule has 1 fully saturated rings. The highest BCUT2D eigenvalue weighted by Gasteiger charge is 2.28. The molecule has 0 saturated carbocycles. The van der Waals surface area contributed by atoms with Crippen LogP contribution in [0.3, 0.4) is 0 Å². The summed E-state index contributed by atoms with van der Waals surface area (Å²) >= 11 is 0. The van der Waals surface area contributed by atoms with Crippen LogP contribution in [0.5, 0.6) is 0 Å². The average Bonchev–Trinajstić information content (AvgIpc) is 3.15. The largest absolute Gasteiger partial charge is 0.399 e. The number of nitrogen functional groups attached to an aromatic ring is 1. The summed E-state index contributed by atoms with van der Waals surface area (Å²) in [6, 6.07) is 10.2. The van der Waals surface area contributed by atoms with Crippen molar-refractivity contribution in [3.05, 3.63) is 59.3 Å². The summed E-state index contributed by atoms with van der Waals surface area (Å²) in [5.41, 5.74) is 10.8. The maximum absolute atomic E-state index is 5.81. The third-order valence-corrected chi connectivity index (χ3v) is 5.74. The van der Waals surface area contributed by atoms with E-state index < -0.39 is 0 Å². The van der Waals surface area contributed by atoms with Crippen LogP contribution in [0.4, 0.5) is 5.69 Å². The number of aromatic nitrogens is 3. The lowest BCUT2D eigenvalue weighted by molar-refractivity contribution is 0.203. The van der Waals surface area contributed by atoms with Gasteiger partial charge in [0.05, 0.1) is 17.0 Å². The van der Waals surface area contributed by atoms with Crippen molar-refractivity contribution in [1.29, 1.82) is 0 Å². The maximum Gasteiger partial charge on any atom is 0.170 e. The Morgan fingerprint density at radius 1 is 1.13 bits per heavy atom. The summed E-state index contributed by atoms with van der Waals surface area (Å²) in [6.07, 6.45) is 4.05. The van der Waals surface area contributed by atoms with E-state index in [1.165, 1.54) is 5.56 Å². The molecule has 1 saturated heterocycles. The summed E-state index contributed by atoms with van der Waals surface area (Å²) < 4.78 is 5.57. The lowest BCUT2D eigenvalue weighted by atomic mass is 9.88. The van der Waals surface area contributed by atoms with Gasteiger partial charge < -0.3 is 10.3 Å². The maximum atomic E-state index is 5.81. The molecule has 4 rings (SSSR count). The number of hydrogen-bond acceptors (Lipinski definition) is 6. The predicted octanol–water partition coefficient (Wildman–Crippen LogP) is 4.70. The summed E-state index contributed by atoms with van der Waals surface area (Å²) in [6.45, 7) is 11.4. The van der Waals surface area contributed by atoms with Crippen molar-refractivity contribution >= 4 is 5.69 Å². The fraction of sp³-hybridized carbons (Fsp3) is 0.458. The normalized spacial score (nSPS) is 16.1. The molecule has 0 radical (unpaired) electrons. The minimum Gasteiger partial charge on any atom is -0.399 e. The summed E-state index contributed by atoms with van der Waals surface area (Å²) in [4.78, 5) is 12.2. The topological polar surface area (TPSA) is 81.1 Å². The molecule has 1 aromatic carbocycles. The lowest BCUT2D eigenvalue weighted by Gasteiger charge is -2.32. The van der Waals surface area contributed by atoms with Crippen molar-refractivity contribution in [2.75, 3.05) is 18.8 Å². The van der Waals surface area contributed by atoms with Gasteiger partial charge in [-0.15, -0.1) is 0 Å². The van der Waals surface area contributed by atoms with Crippen LogP contribution >= 0.6 is 0 Å². The number of nitrogens with zero attached hydrogens (tertiary/aromatic N) is 4. The molecule has 1 aliphatic rings. The molecule has 0 bridgehead atoms. The van der Waals surface area contributed by atoms with Gasteiger partial charge in [-0.05, 0) is 50.6 Å². The third kappa shape index (κ3) is 4.54. The molecule has 0 aliphatic carbocycles. The Balaban J connectivity index is 1.54. The molecule has 2 N–H and O–H groups in total. The fourth-order valence-electron chi connectivity index (χ4n) is 3.99. The van der Waals surface area contributed by atoms with Gasteiger partial charge in [0, 0.05) is 35.8 Å². The second-order valence-corrected chi connectivity index (χ2v) is 9.37. The first kappa shape index (κ1) is 20.5. The molecule has 0 atom stereocenters. The van der Waals surface area contributed by atoms with Gasteiger partial charge in [0.25, 0.3) is 0 Å². The van der Waals surface area contributed by atoms with E-state index in [4.69, 9.17) is 15.2 Å². The van der Waals surface area contributed by atoms with Crippen molar-refractivity contribution in [1.82, 2.24) is 20.0 Å². The van der Waals surface area contributed by atoms with Gasteiger partial charge in [0.1, 0.15) is 5.82 Å². The van der Waals surface area contributed by atoms with Crippen molar-refractivity contribution in [2.45, 2.75) is 58.4 Å². The van der Waals surface area contributed by atoms with Crippen molar-refractivity contribution in [3.8, 4) is 11.3 Å². The van der Waals surface area contributed by atoms with Gasteiger partial charge in [-0.25, -0.2) is 9.97 Å². The third-order valence-electron chi connectivity index (χ3n) is 5.74. The van der Waals surface area contributed by atoms with Gasteiger partial charge in [0.2, 0.25) is 0 Å². The SMILES string of the molecule is Cc1cc(-c2cnc(C(C)(C)C)nc2C2CCN(Cc3ccc(N)cc3)CC2)on1. The molecule has 6 heteroatoms. The Kier molecular flexibility index (Phi) is 5.60. The first-order valence-corrected chi connectivity index (χ1v) is 10.7. The average molecular weight is 406 g/mol. The van der Waals surface area contributed by atoms with Gasteiger partial charge in [-0.1, -0.05) is 38.1 Å². The highest BCUT2D eigenvalue weighted by Crippen LogP contribution is 2.35. The molecular weight excluding hydrogens is 374 g/mol. The number of aryl methyl sites for hydroxylation is 1. The Morgan fingerprint density at radius 2 is 1.83 bits per heavy atom. The minimum absolute atomic E-state index is 0.0968. The highest BCUT2D eigenvalue weighted by atomic mass is 16.5. The molecule has 2 aromatic heterocycles. The monoisotopic (exact) mass is 405 g/mol. The Labute approximate surface area is 178 Å². The molecule has 0 amide bonds. The summed E-state index contributed by atoms with van der Waals surface area (Å²) in [5.74, 6) is 2.02. The highest BCUT2D eigenvalue weighted by molar-refractivity contribution is 5.60. The molecule has 3 aromatic rings. The molecule has 0 spiro atoms. The molecule has 0 unspecified atom stereocenters. The van der Waals surface area contributed by atoms with Crippen molar-refractivity contribution < 1.29 is 4.52 Å². The second kappa shape index (κ2) is 8.19. The van der Waals surface area contributed by atoms with Crippen molar-refractivity contribution in [2.24, 2.45) is 0 Å². The molecule has 6 nitrogen and oxygen atoms in total. The van der Waals surface area contributed by atoms with E-state index in [-0.39, 0.29) is 5.41 Å². The van der Waals surface area contributed by atoms with Crippen LogP contribution in [0.1, 0.15) is 62.3 Å². The van der Waals surface area contributed by atoms with E-state index >= 15 is 0 Å². The van der Waals surface area contributed by atoms with Crippen LogP contribution < -0.4 is 5.73 Å².